The summed E-state index contributed by atoms with van der Waals surface area (Å²) in [7, 11) is -2.98. The van der Waals surface area contributed by atoms with Gasteiger partial charge in [-0.2, -0.15) is 21.0 Å². The van der Waals surface area contributed by atoms with E-state index in [1.165, 1.54) is 5.56 Å². The lowest BCUT2D eigenvalue weighted by molar-refractivity contribution is 0.285. The fourth-order valence-electron chi connectivity index (χ4n) is 1.79. The zero-order chi connectivity index (χ0) is 18.4. The third-order valence-electron chi connectivity index (χ3n) is 2.93. The van der Waals surface area contributed by atoms with Crippen LogP contribution in [0.3, 0.4) is 0 Å². The van der Waals surface area contributed by atoms with Gasteiger partial charge in [-0.05, 0) is 43.5 Å². The summed E-state index contributed by atoms with van der Waals surface area (Å²) in [4.78, 5) is 0. The molecule has 0 saturated heterocycles. The van der Waals surface area contributed by atoms with Crippen LogP contribution in [-0.2, 0) is 16.8 Å². The highest BCUT2D eigenvalue weighted by molar-refractivity contribution is 7.80. The summed E-state index contributed by atoms with van der Waals surface area (Å²) < 4.78 is 42.7. The van der Waals surface area contributed by atoms with E-state index in [0.29, 0.717) is 0 Å². The summed E-state index contributed by atoms with van der Waals surface area (Å²) in [5.74, 6) is 2.55. The van der Waals surface area contributed by atoms with Crippen molar-refractivity contribution < 1.29 is 27.0 Å². The Labute approximate surface area is 149 Å². The van der Waals surface area contributed by atoms with E-state index in [4.69, 9.17) is 27.0 Å². The van der Waals surface area contributed by atoms with Gasteiger partial charge in [-0.25, -0.2) is 0 Å². The third kappa shape index (κ3) is 13.4. The lowest BCUT2D eigenvalue weighted by Gasteiger charge is -2.11. The van der Waals surface area contributed by atoms with Gasteiger partial charge >= 0.3 is 10.4 Å². The van der Waals surface area contributed by atoms with Gasteiger partial charge in [0.05, 0.1) is 13.7 Å². The fourth-order valence-corrected chi connectivity index (χ4v) is 1.95. The molecular weight excluding hydrogens is 354 g/mol. The van der Waals surface area contributed by atoms with Crippen LogP contribution in [-0.4, -0.2) is 50.1 Å². The Morgan fingerprint density at radius 1 is 1.17 bits per heavy atom. The van der Waals surface area contributed by atoms with Gasteiger partial charge < -0.3 is 14.8 Å². The van der Waals surface area contributed by atoms with Crippen LogP contribution in [0.1, 0.15) is 25.3 Å². The number of thiol groups is 1. The first kappa shape index (κ1) is 23.0. The van der Waals surface area contributed by atoms with E-state index >= 15 is 0 Å². The minimum Gasteiger partial charge on any atom is -0.493 e. The van der Waals surface area contributed by atoms with E-state index in [1.54, 1.807) is 7.11 Å². The van der Waals surface area contributed by atoms with Gasteiger partial charge in [0.1, 0.15) is 0 Å². The highest BCUT2D eigenvalue weighted by Gasteiger charge is 2.04. The van der Waals surface area contributed by atoms with Crippen LogP contribution in [0.25, 0.3) is 0 Å². The van der Waals surface area contributed by atoms with Gasteiger partial charge in [-0.1, -0.05) is 13.0 Å². The largest absolute Gasteiger partial charge is 0.493 e. The Morgan fingerprint density at radius 2 is 1.83 bits per heavy atom. The van der Waals surface area contributed by atoms with Crippen LogP contribution in [0.5, 0.6) is 11.5 Å². The number of hydrogen-bond donors (Lipinski definition) is 4. The molecule has 0 unspecified atom stereocenters. The molecular formula is C15H27NO6S2. The third-order valence-corrected chi connectivity index (χ3v) is 3.15. The molecule has 0 saturated carbocycles. The van der Waals surface area contributed by atoms with Crippen molar-refractivity contribution in [2.45, 2.75) is 26.2 Å². The number of aryl methyl sites for hydroxylation is 1. The lowest BCUT2D eigenvalue weighted by atomic mass is 10.1. The summed E-state index contributed by atoms with van der Waals surface area (Å²) >= 11 is 4.15. The molecule has 0 aliphatic carbocycles. The van der Waals surface area contributed by atoms with Crippen LogP contribution in [0, 0.1) is 0 Å². The van der Waals surface area contributed by atoms with Crippen LogP contribution < -0.4 is 14.8 Å². The van der Waals surface area contributed by atoms with Crippen molar-refractivity contribution in [3.05, 3.63) is 23.8 Å². The number of nitrogens with one attached hydrogen (secondary N) is 1. The van der Waals surface area contributed by atoms with Crippen LogP contribution >= 0.6 is 12.6 Å². The van der Waals surface area contributed by atoms with E-state index in [0.717, 1.165) is 56.2 Å². The average Bonchev–Trinajstić information content (AvgIpc) is 2.52. The van der Waals surface area contributed by atoms with Crippen molar-refractivity contribution in [2.24, 2.45) is 0 Å². The molecule has 0 atom stereocenters. The molecule has 1 aromatic rings. The average molecular weight is 382 g/mol. The molecule has 3 N–H and O–H groups in total. The molecule has 9 heteroatoms. The van der Waals surface area contributed by atoms with Crippen LogP contribution in [0.2, 0.25) is 0 Å². The topological polar surface area (TPSA) is 105 Å². The first-order valence-corrected chi connectivity index (χ1v) is 9.66. The summed E-state index contributed by atoms with van der Waals surface area (Å²) in [5, 5.41) is 3.31. The maximum Gasteiger partial charge on any atom is 0.394 e. The molecule has 0 aliphatic rings. The minimum atomic E-state index is -4.67. The first-order chi connectivity index (χ1) is 11.3. The molecule has 140 valence electrons. The van der Waals surface area contributed by atoms with Gasteiger partial charge in [0.25, 0.3) is 0 Å². The number of methoxy groups -OCH3 is 1. The highest BCUT2D eigenvalue weighted by atomic mass is 32.3. The maximum absolute atomic E-state index is 8.74. The van der Waals surface area contributed by atoms with Crippen molar-refractivity contribution in [1.29, 1.82) is 0 Å². The number of benzene rings is 1. The molecule has 0 spiro atoms. The van der Waals surface area contributed by atoms with E-state index in [-0.39, 0.29) is 0 Å². The fraction of sp³-hybridized carbons (Fsp3) is 0.600. The molecule has 1 rings (SSSR count). The molecule has 1 aromatic carbocycles. The van der Waals surface area contributed by atoms with Crippen molar-refractivity contribution in [2.75, 3.05) is 32.6 Å². The molecule has 0 radical (unpaired) electrons. The van der Waals surface area contributed by atoms with Crippen molar-refractivity contribution in [1.82, 2.24) is 5.32 Å². The second-order valence-corrected chi connectivity index (χ2v) is 6.16. The molecule has 0 aliphatic heterocycles. The van der Waals surface area contributed by atoms with Gasteiger partial charge in [-0.3, -0.25) is 9.11 Å². The molecule has 7 nitrogen and oxygen atoms in total. The van der Waals surface area contributed by atoms with E-state index in [1.807, 2.05) is 12.1 Å². The molecule has 24 heavy (non-hydrogen) atoms. The van der Waals surface area contributed by atoms with Gasteiger partial charge in [-0.15, -0.1) is 0 Å². The molecule has 0 heterocycles. The Balaban J connectivity index is 0.000000922. The monoisotopic (exact) mass is 381 g/mol. The number of rotatable bonds is 10. The highest BCUT2D eigenvalue weighted by Crippen LogP contribution is 2.28. The second kappa shape index (κ2) is 13.3. The molecule has 0 aromatic heterocycles. The predicted octanol–water partition coefficient (Wildman–Crippen LogP) is 2.28. The standard InChI is InChI=1S/C15H25NO2S.H2O4S/c1-3-13-6-7-14(15(12-13)17-2)18-10-5-4-8-16-9-11-19;1-5(2,3)4/h6-7,12,16,19H,3-5,8-11H2,1-2H3;(H2,1,2,3,4). The smallest absolute Gasteiger partial charge is 0.394 e. The summed E-state index contributed by atoms with van der Waals surface area (Å²) in [6.07, 6.45) is 3.16. The summed E-state index contributed by atoms with van der Waals surface area (Å²) in [5.41, 5.74) is 1.26. The molecule has 0 fully saturated rings. The zero-order valence-electron chi connectivity index (χ0n) is 14.1. The molecule has 0 bridgehead atoms. The Hall–Kier alpha value is -1.00. The normalized spacial score (nSPS) is 10.7. The van der Waals surface area contributed by atoms with Crippen molar-refractivity contribution in [3.8, 4) is 11.5 Å². The van der Waals surface area contributed by atoms with Crippen molar-refractivity contribution >= 4 is 23.0 Å². The van der Waals surface area contributed by atoms with E-state index in [9.17, 15) is 0 Å². The zero-order valence-corrected chi connectivity index (χ0v) is 15.8. The summed E-state index contributed by atoms with van der Waals surface area (Å²) in [6, 6.07) is 6.13. The Bertz CT molecular complexity index is 543. The lowest BCUT2D eigenvalue weighted by Crippen LogP contribution is -2.18. The maximum atomic E-state index is 8.74. The Morgan fingerprint density at radius 3 is 2.38 bits per heavy atom. The minimum absolute atomic E-state index is 0.727. The van der Waals surface area contributed by atoms with E-state index < -0.39 is 10.4 Å². The van der Waals surface area contributed by atoms with E-state index in [2.05, 4.69) is 30.9 Å². The SMILES string of the molecule is CCc1ccc(OCCCCNCCS)c(OC)c1.O=S(=O)(O)O. The predicted molar refractivity (Wildman–Crippen MR) is 98.0 cm³/mol. The quantitative estimate of drug-likeness (QED) is 0.280. The molecule has 0 amide bonds. The van der Waals surface area contributed by atoms with Crippen molar-refractivity contribution in [3.63, 3.8) is 0 Å². The number of hydrogen-bond acceptors (Lipinski definition) is 6. The Kier molecular flexibility index (Phi) is 12.8. The summed E-state index contributed by atoms with van der Waals surface area (Å²) in [6.45, 7) is 4.85. The first-order valence-electron chi connectivity index (χ1n) is 7.63. The van der Waals surface area contributed by atoms with Gasteiger partial charge in [0.2, 0.25) is 0 Å². The van der Waals surface area contributed by atoms with Gasteiger partial charge in [0.15, 0.2) is 11.5 Å². The second-order valence-electron chi connectivity index (χ2n) is 4.82. The van der Waals surface area contributed by atoms with Crippen LogP contribution in [0.15, 0.2) is 18.2 Å². The number of unbranched alkanes of at least 4 members (excludes halogenated alkanes) is 1. The van der Waals surface area contributed by atoms with Crippen LogP contribution in [0.4, 0.5) is 0 Å². The van der Waals surface area contributed by atoms with Gasteiger partial charge in [0, 0.05) is 12.3 Å². The number of ether oxygens (including phenoxy) is 2.